The van der Waals surface area contributed by atoms with Crippen molar-refractivity contribution in [3.63, 3.8) is 0 Å². The summed E-state index contributed by atoms with van der Waals surface area (Å²) in [5, 5.41) is 0. The molecule has 2 fully saturated rings. The maximum atomic E-state index is 14.0. The van der Waals surface area contributed by atoms with Gasteiger partial charge in [-0.05, 0) is 39.3 Å². The number of hydrogen-bond donors (Lipinski definition) is 0. The molecule has 10 heteroatoms. The number of hydrogen-bond acceptors (Lipinski definition) is 7. The fourth-order valence-corrected chi connectivity index (χ4v) is 6.52. The molecule has 5 rings (SSSR count). The lowest BCUT2D eigenvalue weighted by atomic mass is 9.97. The van der Waals surface area contributed by atoms with Crippen LogP contribution in [-0.2, 0) is 46.0 Å². The van der Waals surface area contributed by atoms with Gasteiger partial charge in [0.1, 0.15) is 24.4 Å². The van der Waals surface area contributed by atoms with Crippen molar-refractivity contribution in [2.45, 2.75) is 50.2 Å². The van der Waals surface area contributed by atoms with Gasteiger partial charge in [0.15, 0.2) is 12.6 Å². The smallest absolute Gasteiger partial charge is 0.347 e. The number of rotatable bonds is 11. The molecule has 0 spiro atoms. The summed E-state index contributed by atoms with van der Waals surface area (Å²) in [5.41, 5.74) is 2.89. The van der Waals surface area contributed by atoms with Crippen molar-refractivity contribution < 1.29 is 32.8 Å². The molecule has 0 bridgehead atoms. The van der Waals surface area contributed by atoms with E-state index in [2.05, 4.69) is 0 Å². The molecule has 3 aromatic rings. The first kappa shape index (κ1) is 30.0. The molecule has 0 saturated carbocycles. The van der Waals surface area contributed by atoms with E-state index in [0.717, 1.165) is 16.7 Å². The minimum absolute atomic E-state index is 0.245. The SMILES string of the molecule is CN(C)P(=O)(O[C@H]1O[C@@H]2COC(c3ccccc3)O[C@H]2[C@H](OCc2ccccc2)[C@@H]1OCc1ccccc1)N(C)C. The molecular weight excluding hydrogens is 543 g/mol. The zero-order chi connectivity index (χ0) is 28.8. The second-order valence-electron chi connectivity index (χ2n) is 10.5. The molecule has 2 aliphatic rings. The van der Waals surface area contributed by atoms with E-state index in [1.165, 1.54) is 0 Å². The zero-order valence-electron chi connectivity index (χ0n) is 23.9. The van der Waals surface area contributed by atoms with Gasteiger partial charge in [-0.25, -0.2) is 9.34 Å². The summed E-state index contributed by atoms with van der Waals surface area (Å²) in [5.74, 6) is 0. The first-order valence-electron chi connectivity index (χ1n) is 13.8. The molecule has 3 aromatic carbocycles. The average Bonchev–Trinajstić information content (AvgIpc) is 3.00. The van der Waals surface area contributed by atoms with E-state index in [1.807, 2.05) is 91.0 Å². The molecule has 220 valence electrons. The Balaban J connectivity index is 1.48. The highest BCUT2D eigenvalue weighted by Crippen LogP contribution is 2.53. The molecule has 1 unspecified atom stereocenters. The van der Waals surface area contributed by atoms with Crippen LogP contribution in [0.1, 0.15) is 23.0 Å². The lowest BCUT2D eigenvalue weighted by molar-refractivity contribution is -0.362. The molecule has 0 radical (unpaired) electrons. The molecule has 2 heterocycles. The average molecular weight is 583 g/mol. The number of benzene rings is 3. The molecule has 0 aromatic heterocycles. The van der Waals surface area contributed by atoms with Gasteiger partial charge in [-0.1, -0.05) is 91.0 Å². The van der Waals surface area contributed by atoms with Gasteiger partial charge in [-0.3, -0.25) is 9.09 Å². The normalized spacial score (nSPS) is 26.7. The third kappa shape index (κ3) is 7.14. The minimum atomic E-state index is -3.45. The third-order valence-corrected chi connectivity index (χ3v) is 9.68. The van der Waals surface area contributed by atoms with Crippen LogP contribution < -0.4 is 0 Å². The second kappa shape index (κ2) is 13.7. The van der Waals surface area contributed by atoms with Crippen LogP contribution in [0.25, 0.3) is 0 Å². The van der Waals surface area contributed by atoms with Crippen LogP contribution in [0.15, 0.2) is 91.0 Å². The largest absolute Gasteiger partial charge is 0.368 e. The van der Waals surface area contributed by atoms with Crippen molar-refractivity contribution in [3.8, 4) is 0 Å². The highest BCUT2D eigenvalue weighted by atomic mass is 31.2. The Hall–Kier alpha value is -2.43. The predicted molar refractivity (Wildman–Crippen MR) is 155 cm³/mol. The van der Waals surface area contributed by atoms with E-state index in [9.17, 15) is 4.57 Å². The van der Waals surface area contributed by atoms with Gasteiger partial charge in [0.25, 0.3) is 0 Å². The molecule has 0 N–H and O–H groups in total. The molecular formula is C31H39N2O7P. The Morgan fingerprint density at radius 1 is 0.732 bits per heavy atom. The summed E-state index contributed by atoms with van der Waals surface area (Å²) >= 11 is 0. The van der Waals surface area contributed by atoms with Gasteiger partial charge in [0, 0.05) is 5.56 Å². The topological polar surface area (TPSA) is 78.9 Å². The molecule has 2 aliphatic heterocycles. The fraction of sp³-hybridized carbons (Fsp3) is 0.419. The van der Waals surface area contributed by atoms with Gasteiger partial charge in [-0.15, -0.1) is 0 Å². The Labute approximate surface area is 242 Å². The van der Waals surface area contributed by atoms with Gasteiger partial charge in [0.2, 0.25) is 0 Å². The number of nitrogens with zero attached hydrogens (tertiary/aromatic N) is 2. The van der Waals surface area contributed by atoms with Gasteiger partial charge < -0.3 is 23.7 Å². The summed E-state index contributed by atoms with van der Waals surface area (Å²) in [6, 6.07) is 29.6. The van der Waals surface area contributed by atoms with Gasteiger partial charge in [-0.2, -0.15) is 0 Å². The quantitative estimate of drug-likeness (QED) is 0.282. The standard InChI is InChI=1S/C31H39N2O7P/c1-32(2)41(34,33(3)4)40-31-29(36-21-24-16-10-6-11-17-24)28(35-20-23-14-8-5-9-15-23)27-26(38-31)22-37-30(39-27)25-18-12-7-13-19-25/h5-19,26-31H,20-22H2,1-4H3/t26-,27-,28+,29+,30?,31-/m1/s1. The van der Waals surface area contributed by atoms with E-state index >= 15 is 0 Å². The third-order valence-electron chi connectivity index (χ3n) is 7.18. The Morgan fingerprint density at radius 3 is 1.78 bits per heavy atom. The molecule has 2 saturated heterocycles. The maximum absolute atomic E-state index is 14.0. The van der Waals surface area contributed by atoms with E-state index in [4.69, 9.17) is 28.2 Å². The molecule has 0 aliphatic carbocycles. The van der Waals surface area contributed by atoms with E-state index in [0.29, 0.717) is 6.61 Å². The van der Waals surface area contributed by atoms with Gasteiger partial charge >= 0.3 is 7.67 Å². The summed E-state index contributed by atoms with van der Waals surface area (Å²) < 4.78 is 55.6. The summed E-state index contributed by atoms with van der Waals surface area (Å²) in [6.45, 7) is 0.852. The Bertz CT molecular complexity index is 1250. The fourth-order valence-electron chi connectivity index (χ4n) is 4.99. The Morgan fingerprint density at radius 2 is 1.24 bits per heavy atom. The number of fused-ring (bicyclic) bond motifs is 1. The molecule has 6 atom stereocenters. The molecule has 41 heavy (non-hydrogen) atoms. The molecule has 9 nitrogen and oxygen atoms in total. The van der Waals surface area contributed by atoms with Crippen LogP contribution in [0.2, 0.25) is 0 Å². The first-order chi connectivity index (χ1) is 19.8. The van der Waals surface area contributed by atoms with E-state index < -0.39 is 44.7 Å². The monoisotopic (exact) mass is 582 g/mol. The van der Waals surface area contributed by atoms with Crippen molar-refractivity contribution >= 4 is 7.67 Å². The van der Waals surface area contributed by atoms with Crippen LogP contribution in [0.5, 0.6) is 0 Å². The van der Waals surface area contributed by atoms with Crippen LogP contribution in [0.3, 0.4) is 0 Å². The lowest BCUT2D eigenvalue weighted by Gasteiger charge is -2.49. The van der Waals surface area contributed by atoms with Crippen LogP contribution >= 0.6 is 7.67 Å². The van der Waals surface area contributed by atoms with Crippen molar-refractivity contribution in [2.24, 2.45) is 0 Å². The maximum Gasteiger partial charge on any atom is 0.347 e. The Kier molecular flexibility index (Phi) is 10.0. The van der Waals surface area contributed by atoms with Crippen molar-refractivity contribution in [1.82, 2.24) is 9.34 Å². The van der Waals surface area contributed by atoms with E-state index in [-0.39, 0.29) is 13.2 Å². The predicted octanol–water partition coefficient (Wildman–Crippen LogP) is 5.24. The second-order valence-corrected chi connectivity index (χ2v) is 13.3. The van der Waals surface area contributed by atoms with Crippen LogP contribution in [-0.4, -0.2) is 74.8 Å². The van der Waals surface area contributed by atoms with Crippen molar-refractivity contribution in [3.05, 3.63) is 108 Å². The first-order valence-corrected chi connectivity index (χ1v) is 15.3. The van der Waals surface area contributed by atoms with E-state index in [1.54, 1.807) is 37.5 Å². The highest BCUT2D eigenvalue weighted by molar-refractivity contribution is 7.53. The van der Waals surface area contributed by atoms with Crippen LogP contribution in [0.4, 0.5) is 0 Å². The lowest BCUT2D eigenvalue weighted by Crippen LogP contribution is -2.63. The minimum Gasteiger partial charge on any atom is -0.368 e. The van der Waals surface area contributed by atoms with Crippen LogP contribution in [0, 0.1) is 0 Å². The van der Waals surface area contributed by atoms with Gasteiger partial charge in [0.05, 0.1) is 19.8 Å². The summed E-state index contributed by atoms with van der Waals surface area (Å²) in [4.78, 5) is 0. The van der Waals surface area contributed by atoms with Crippen molar-refractivity contribution in [2.75, 3.05) is 34.8 Å². The highest BCUT2D eigenvalue weighted by Gasteiger charge is 2.54. The number of ether oxygens (including phenoxy) is 5. The van der Waals surface area contributed by atoms with Crippen molar-refractivity contribution in [1.29, 1.82) is 0 Å². The summed E-state index contributed by atoms with van der Waals surface area (Å²) in [7, 11) is 3.41. The zero-order valence-corrected chi connectivity index (χ0v) is 24.8. The summed E-state index contributed by atoms with van der Waals surface area (Å²) in [6.07, 6.45) is -4.05. The molecule has 0 amide bonds.